The van der Waals surface area contributed by atoms with Gasteiger partial charge >= 0.3 is 0 Å². The molecule has 0 aliphatic carbocycles. The Kier molecular flexibility index (Phi) is 5.56. The van der Waals surface area contributed by atoms with Crippen molar-refractivity contribution < 1.29 is 14.7 Å². The Morgan fingerprint density at radius 1 is 0.962 bits per heavy atom. The standard InChI is InChI=1S/C20H19N3O3/c24-13-18(19(25)21-12-14-6-2-1-3-7-14)23-20(26)17-11-10-15-8-4-5-9-16(15)22-17/h1-11,18,24H,12-13H2,(H,21,25)(H,23,26)/t18-/m0/s1. The van der Waals surface area contributed by atoms with E-state index in [9.17, 15) is 14.7 Å². The van der Waals surface area contributed by atoms with E-state index in [0.29, 0.717) is 12.1 Å². The molecule has 0 saturated heterocycles. The average molecular weight is 349 g/mol. The van der Waals surface area contributed by atoms with E-state index >= 15 is 0 Å². The Labute approximate surface area is 150 Å². The topological polar surface area (TPSA) is 91.3 Å². The van der Waals surface area contributed by atoms with Crippen molar-refractivity contribution in [1.82, 2.24) is 15.6 Å². The molecule has 6 nitrogen and oxygen atoms in total. The molecule has 0 saturated carbocycles. The van der Waals surface area contributed by atoms with Gasteiger partial charge in [-0.25, -0.2) is 4.98 Å². The fraction of sp³-hybridized carbons (Fsp3) is 0.150. The van der Waals surface area contributed by atoms with Crippen LogP contribution >= 0.6 is 0 Å². The van der Waals surface area contributed by atoms with Gasteiger partial charge < -0.3 is 15.7 Å². The molecule has 1 atom stereocenters. The number of hydrogen-bond acceptors (Lipinski definition) is 4. The highest BCUT2D eigenvalue weighted by Crippen LogP contribution is 2.11. The molecule has 0 radical (unpaired) electrons. The first-order valence-electron chi connectivity index (χ1n) is 8.26. The van der Waals surface area contributed by atoms with Crippen molar-refractivity contribution in [2.75, 3.05) is 6.61 Å². The van der Waals surface area contributed by atoms with Crippen LogP contribution in [0.2, 0.25) is 0 Å². The SMILES string of the molecule is O=C(N[C@@H](CO)C(=O)NCc1ccccc1)c1ccc2ccccc2n1. The van der Waals surface area contributed by atoms with Crippen LogP contribution in [0.5, 0.6) is 0 Å². The Morgan fingerprint density at radius 2 is 1.69 bits per heavy atom. The highest BCUT2D eigenvalue weighted by molar-refractivity contribution is 5.97. The van der Waals surface area contributed by atoms with Gasteiger partial charge in [-0.1, -0.05) is 54.6 Å². The lowest BCUT2D eigenvalue weighted by Crippen LogP contribution is -2.48. The Morgan fingerprint density at radius 3 is 2.46 bits per heavy atom. The quantitative estimate of drug-likeness (QED) is 0.631. The average Bonchev–Trinajstić information content (AvgIpc) is 2.70. The van der Waals surface area contributed by atoms with Crippen molar-refractivity contribution in [1.29, 1.82) is 0 Å². The lowest BCUT2D eigenvalue weighted by Gasteiger charge is -2.16. The number of carbonyl (C=O) groups excluding carboxylic acids is 2. The van der Waals surface area contributed by atoms with Gasteiger partial charge in [0.1, 0.15) is 11.7 Å². The molecular formula is C20H19N3O3. The number of carbonyl (C=O) groups is 2. The first-order chi connectivity index (χ1) is 12.7. The molecule has 1 heterocycles. The second kappa shape index (κ2) is 8.22. The molecule has 0 fully saturated rings. The number of pyridine rings is 1. The summed E-state index contributed by atoms with van der Waals surface area (Å²) in [7, 11) is 0. The number of aliphatic hydroxyl groups is 1. The summed E-state index contributed by atoms with van der Waals surface area (Å²) in [6.07, 6.45) is 0. The molecule has 132 valence electrons. The maximum Gasteiger partial charge on any atom is 0.270 e. The lowest BCUT2D eigenvalue weighted by molar-refractivity contribution is -0.124. The fourth-order valence-corrected chi connectivity index (χ4v) is 2.53. The van der Waals surface area contributed by atoms with E-state index in [4.69, 9.17) is 0 Å². The van der Waals surface area contributed by atoms with E-state index in [1.54, 1.807) is 12.1 Å². The lowest BCUT2D eigenvalue weighted by atomic mass is 10.2. The number of aromatic nitrogens is 1. The van der Waals surface area contributed by atoms with Crippen molar-refractivity contribution in [3.05, 3.63) is 78.0 Å². The van der Waals surface area contributed by atoms with E-state index in [1.165, 1.54) is 0 Å². The summed E-state index contributed by atoms with van der Waals surface area (Å²) < 4.78 is 0. The molecule has 6 heteroatoms. The molecule has 26 heavy (non-hydrogen) atoms. The first-order valence-corrected chi connectivity index (χ1v) is 8.26. The molecule has 1 aromatic heterocycles. The second-order valence-electron chi connectivity index (χ2n) is 5.80. The van der Waals surface area contributed by atoms with Crippen molar-refractivity contribution in [2.45, 2.75) is 12.6 Å². The maximum atomic E-state index is 12.4. The number of benzene rings is 2. The molecule has 3 aromatic rings. The number of nitrogens with one attached hydrogen (secondary N) is 2. The van der Waals surface area contributed by atoms with Crippen molar-refractivity contribution in [3.8, 4) is 0 Å². The summed E-state index contributed by atoms with van der Waals surface area (Å²) in [4.78, 5) is 28.9. The zero-order valence-corrected chi connectivity index (χ0v) is 14.1. The minimum Gasteiger partial charge on any atom is -0.394 e. The van der Waals surface area contributed by atoms with Gasteiger partial charge in [-0.05, 0) is 17.7 Å². The van der Waals surface area contributed by atoms with Crippen LogP contribution in [0.3, 0.4) is 0 Å². The summed E-state index contributed by atoms with van der Waals surface area (Å²) in [5.74, 6) is -0.963. The Balaban J connectivity index is 1.64. The Bertz CT molecular complexity index is 912. The zero-order chi connectivity index (χ0) is 18.4. The molecule has 0 unspecified atom stereocenters. The van der Waals surface area contributed by atoms with Gasteiger partial charge in [-0.3, -0.25) is 9.59 Å². The number of hydrogen-bond donors (Lipinski definition) is 3. The smallest absolute Gasteiger partial charge is 0.270 e. The number of amides is 2. The summed E-state index contributed by atoms with van der Waals surface area (Å²) in [6, 6.07) is 19.2. The van der Waals surface area contributed by atoms with Gasteiger partial charge in [0.05, 0.1) is 12.1 Å². The van der Waals surface area contributed by atoms with Gasteiger partial charge in [0.2, 0.25) is 5.91 Å². The molecule has 0 aliphatic rings. The molecule has 2 aromatic carbocycles. The number of para-hydroxylation sites is 1. The first kappa shape index (κ1) is 17.6. The number of rotatable bonds is 6. The van der Waals surface area contributed by atoms with Crippen LogP contribution in [0, 0.1) is 0 Å². The summed E-state index contributed by atoms with van der Waals surface area (Å²) >= 11 is 0. The van der Waals surface area contributed by atoms with Crippen LogP contribution in [0.4, 0.5) is 0 Å². The normalized spacial score (nSPS) is 11.7. The van der Waals surface area contributed by atoms with Crippen LogP contribution in [0.25, 0.3) is 10.9 Å². The van der Waals surface area contributed by atoms with Crippen LogP contribution in [0.15, 0.2) is 66.7 Å². The molecule has 0 bridgehead atoms. The van der Waals surface area contributed by atoms with E-state index in [0.717, 1.165) is 10.9 Å². The van der Waals surface area contributed by atoms with Crippen molar-refractivity contribution >= 4 is 22.7 Å². The minimum absolute atomic E-state index is 0.193. The molecular weight excluding hydrogens is 330 g/mol. The fourth-order valence-electron chi connectivity index (χ4n) is 2.53. The third kappa shape index (κ3) is 4.23. The Hall–Kier alpha value is -3.25. The van der Waals surface area contributed by atoms with Crippen LogP contribution in [0.1, 0.15) is 16.1 Å². The second-order valence-corrected chi connectivity index (χ2v) is 5.80. The van der Waals surface area contributed by atoms with Crippen LogP contribution < -0.4 is 10.6 Å². The minimum atomic E-state index is -1.04. The van der Waals surface area contributed by atoms with Crippen molar-refractivity contribution in [3.63, 3.8) is 0 Å². The maximum absolute atomic E-state index is 12.4. The van der Waals surface area contributed by atoms with Crippen LogP contribution in [-0.4, -0.2) is 34.6 Å². The van der Waals surface area contributed by atoms with Gasteiger partial charge in [-0.2, -0.15) is 0 Å². The van der Waals surface area contributed by atoms with E-state index in [2.05, 4.69) is 15.6 Å². The summed E-state index contributed by atoms with van der Waals surface area (Å²) in [6.45, 7) is -0.180. The van der Waals surface area contributed by atoms with Gasteiger partial charge in [0.15, 0.2) is 0 Å². The monoisotopic (exact) mass is 349 g/mol. The van der Waals surface area contributed by atoms with E-state index in [-0.39, 0.29) is 5.69 Å². The molecule has 3 N–H and O–H groups in total. The summed E-state index contributed by atoms with van der Waals surface area (Å²) in [5, 5.41) is 15.6. The van der Waals surface area contributed by atoms with Crippen LogP contribution in [-0.2, 0) is 11.3 Å². The highest BCUT2D eigenvalue weighted by atomic mass is 16.3. The molecule has 2 amide bonds. The van der Waals surface area contributed by atoms with Gasteiger partial charge in [0, 0.05) is 11.9 Å². The summed E-state index contributed by atoms with van der Waals surface area (Å²) in [5.41, 5.74) is 1.81. The number of nitrogens with zero attached hydrogens (tertiary/aromatic N) is 1. The predicted molar refractivity (Wildman–Crippen MR) is 98.4 cm³/mol. The number of aliphatic hydroxyl groups excluding tert-OH is 1. The molecule has 0 spiro atoms. The van der Waals surface area contributed by atoms with Crippen molar-refractivity contribution in [2.24, 2.45) is 0 Å². The molecule has 0 aliphatic heterocycles. The number of fused-ring (bicyclic) bond motifs is 1. The van der Waals surface area contributed by atoms with Gasteiger partial charge in [0.25, 0.3) is 5.91 Å². The zero-order valence-electron chi connectivity index (χ0n) is 14.1. The highest BCUT2D eigenvalue weighted by Gasteiger charge is 2.21. The van der Waals surface area contributed by atoms with E-state index < -0.39 is 24.5 Å². The largest absolute Gasteiger partial charge is 0.394 e. The van der Waals surface area contributed by atoms with E-state index in [1.807, 2.05) is 54.6 Å². The third-order valence-corrected chi connectivity index (χ3v) is 3.95. The predicted octanol–water partition coefficient (Wildman–Crippen LogP) is 1.64. The van der Waals surface area contributed by atoms with Gasteiger partial charge in [-0.15, -0.1) is 0 Å². The molecule has 3 rings (SSSR count). The third-order valence-electron chi connectivity index (χ3n) is 3.95.